The van der Waals surface area contributed by atoms with Gasteiger partial charge in [0.05, 0.1) is 4.43 Å². The molecule has 1 heterocycles. The van der Waals surface area contributed by atoms with E-state index in [1.165, 1.54) is 11.5 Å². The Morgan fingerprint density at radius 1 is 1.75 bits per heavy atom. The average Bonchev–Trinajstić information content (AvgIpc) is 2.14. The molecule has 0 aliphatic rings. The number of hydrogen-bond donors (Lipinski definition) is 0. The molecule has 0 bridgehead atoms. The second-order valence-corrected chi connectivity index (χ2v) is 3.19. The third kappa shape index (κ3) is 1.53. The molecular formula is C3H2ClIN2S. The minimum Gasteiger partial charge on any atom is -0.207 e. The molecule has 0 aliphatic carbocycles. The molecule has 44 valence electrons. The molecular weight excluding hydrogens is 258 g/mol. The topological polar surface area (TPSA) is 25.8 Å². The normalized spacial score (nSPS) is 9.75. The van der Waals surface area contributed by atoms with Gasteiger partial charge in [-0.05, 0) is 23.1 Å². The molecule has 0 saturated heterocycles. The van der Waals surface area contributed by atoms with Crippen molar-refractivity contribution in [1.82, 2.24) is 9.36 Å². The van der Waals surface area contributed by atoms with Gasteiger partial charge in [-0.1, -0.05) is 22.6 Å². The summed E-state index contributed by atoms with van der Waals surface area (Å²) in [4.78, 5) is 3.89. The minimum absolute atomic E-state index is 0.525. The molecule has 0 atom stereocenters. The van der Waals surface area contributed by atoms with E-state index in [2.05, 4.69) is 31.9 Å². The van der Waals surface area contributed by atoms with Gasteiger partial charge in [-0.2, -0.15) is 4.37 Å². The number of aromatic nitrogens is 2. The van der Waals surface area contributed by atoms with E-state index >= 15 is 0 Å². The fourth-order valence-corrected chi connectivity index (χ4v) is 1.49. The molecule has 1 aromatic rings. The van der Waals surface area contributed by atoms with E-state index in [0.717, 1.165) is 10.3 Å². The Balaban J connectivity index is 2.84. The van der Waals surface area contributed by atoms with Gasteiger partial charge in [-0.25, -0.2) is 4.98 Å². The first-order chi connectivity index (χ1) is 3.83. The van der Waals surface area contributed by atoms with Crippen molar-refractivity contribution in [2.45, 2.75) is 4.43 Å². The van der Waals surface area contributed by atoms with Crippen molar-refractivity contribution in [2.24, 2.45) is 0 Å². The maximum absolute atomic E-state index is 5.48. The zero-order valence-corrected chi connectivity index (χ0v) is 7.50. The van der Waals surface area contributed by atoms with Crippen molar-refractivity contribution in [3.63, 3.8) is 0 Å². The largest absolute Gasteiger partial charge is 0.207 e. The molecule has 0 radical (unpaired) electrons. The molecule has 0 amide bonds. The van der Waals surface area contributed by atoms with Gasteiger partial charge in [0, 0.05) is 0 Å². The maximum atomic E-state index is 5.48. The van der Waals surface area contributed by atoms with Crippen molar-refractivity contribution in [3.8, 4) is 0 Å². The zero-order chi connectivity index (χ0) is 5.98. The Bertz CT molecular complexity index is 178. The maximum Gasteiger partial charge on any atom is 0.203 e. The molecule has 1 aromatic heterocycles. The first kappa shape index (κ1) is 6.70. The van der Waals surface area contributed by atoms with Crippen LogP contribution in [-0.4, -0.2) is 9.36 Å². The third-order valence-electron chi connectivity index (χ3n) is 0.563. The second-order valence-electron chi connectivity index (χ2n) is 1.10. The Morgan fingerprint density at radius 3 is 2.75 bits per heavy atom. The highest BCUT2D eigenvalue weighted by molar-refractivity contribution is 14.1. The van der Waals surface area contributed by atoms with Crippen LogP contribution in [0.2, 0.25) is 4.47 Å². The molecule has 1 rings (SSSR count). The van der Waals surface area contributed by atoms with E-state index in [1.54, 1.807) is 0 Å². The highest BCUT2D eigenvalue weighted by Crippen LogP contribution is 2.11. The molecule has 0 spiro atoms. The lowest BCUT2D eigenvalue weighted by Gasteiger charge is -1.74. The molecule has 2 nitrogen and oxygen atoms in total. The predicted molar refractivity (Wildman–Crippen MR) is 42.6 cm³/mol. The van der Waals surface area contributed by atoms with Crippen molar-refractivity contribution in [3.05, 3.63) is 10.3 Å². The van der Waals surface area contributed by atoms with Crippen LogP contribution in [0.15, 0.2) is 0 Å². The van der Waals surface area contributed by atoms with Gasteiger partial charge in [0.15, 0.2) is 5.82 Å². The summed E-state index contributed by atoms with van der Waals surface area (Å²) in [5.74, 6) is 0.820. The molecule has 0 aromatic carbocycles. The summed E-state index contributed by atoms with van der Waals surface area (Å²) in [6, 6.07) is 0. The molecule has 0 N–H and O–H groups in total. The van der Waals surface area contributed by atoms with E-state index in [9.17, 15) is 0 Å². The van der Waals surface area contributed by atoms with Crippen LogP contribution in [0, 0.1) is 0 Å². The van der Waals surface area contributed by atoms with Crippen molar-refractivity contribution >= 4 is 45.7 Å². The minimum atomic E-state index is 0.525. The lowest BCUT2D eigenvalue weighted by atomic mass is 10.8. The van der Waals surface area contributed by atoms with Crippen molar-refractivity contribution < 1.29 is 0 Å². The first-order valence-electron chi connectivity index (χ1n) is 1.87. The summed E-state index contributed by atoms with van der Waals surface area (Å²) in [5.41, 5.74) is 0. The highest BCUT2D eigenvalue weighted by Gasteiger charge is 1.96. The number of hydrogen-bond acceptors (Lipinski definition) is 3. The number of alkyl halides is 1. The van der Waals surface area contributed by atoms with E-state index < -0.39 is 0 Å². The van der Waals surface area contributed by atoms with Gasteiger partial charge in [0.2, 0.25) is 4.47 Å². The van der Waals surface area contributed by atoms with E-state index in [4.69, 9.17) is 11.6 Å². The molecule has 0 saturated carbocycles. The fourth-order valence-electron chi connectivity index (χ4n) is 0.287. The van der Waals surface area contributed by atoms with Gasteiger partial charge in [0.25, 0.3) is 0 Å². The summed E-state index contributed by atoms with van der Waals surface area (Å²) in [6.45, 7) is 0. The average molecular weight is 260 g/mol. The lowest BCUT2D eigenvalue weighted by molar-refractivity contribution is 1.16. The van der Waals surface area contributed by atoms with Crippen LogP contribution in [0.25, 0.3) is 0 Å². The summed E-state index contributed by atoms with van der Waals surface area (Å²) in [6.07, 6.45) is 0. The zero-order valence-electron chi connectivity index (χ0n) is 3.77. The van der Waals surface area contributed by atoms with Gasteiger partial charge in [-0.3, -0.25) is 0 Å². The van der Waals surface area contributed by atoms with E-state index in [1.807, 2.05) is 0 Å². The van der Waals surface area contributed by atoms with Crippen LogP contribution < -0.4 is 0 Å². The Hall–Kier alpha value is 0.580. The van der Waals surface area contributed by atoms with Gasteiger partial charge in [0.1, 0.15) is 0 Å². The van der Waals surface area contributed by atoms with E-state index in [0.29, 0.717) is 4.47 Å². The van der Waals surface area contributed by atoms with Crippen LogP contribution in [-0.2, 0) is 4.43 Å². The second kappa shape index (κ2) is 2.93. The Morgan fingerprint density at radius 2 is 2.50 bits per heavy atom. The summed E-state index contributed by atoms with van der Waals surface area (Å²) in [5, 5.41) is 0. The van der Waals surface area contributed by atoms with Gasteiger partial charge in [-0.15, -0.1) is 0 Å². The van der Waals surface area contributed by atoms with Crippen LogP contribution in [0.1, 0.15) is 5.82 Å². The monoisotopic (exact) mass is 260 g/mol. The van der Waals surface area contributed by atoms with Gasteiger partial charge >= 0.3 is 0 Å². The Labute approximate surface area is 69.6 Å². The quantitative estimate of drug-likeness (QED) is 0.571. The van der Waals surface area contributed by atoms with Crippen LogP contribution in [0.3, 0.4) is 0 Å². The lowest BCUT2D eigenvalue weighted by Crippen LogP contribution is -1.75. The molecule has 0 unspecified atom stereocenters. The first-order valence-corrected chi connectivity index (χ1v) is 4.54. The molecule has 5 heteroatoms. The summed E-state index contributed by atoms with van der Waals surface area (Å²) in [7, 11) is 0. The van der Waals surface area contributed by atoms with E-state index in [-0.39, 0.29) is 0 Å². The number of halogens is 2. The smallest absolute Gasteiger partial charge is 0.203 e. The molecule has 0 fully saturated rings. The molecule has 0 aliphatic heterocycles. The molecule has 8 heavy (non-hydrogen) atoms. The summed E-state index contributed by atoms with van der Waals surface area (Å²) >= 11 is 8.90. The highest BCUT2D eigenvalue weighted by atomic mass is 127. The van der Waals surface area contributed by atoms with Crippen molar-refractivity contribution in [1.29, 1.82) is 0 Å². The third-order valence-corrected chi connectivity index (χ3v) is 2.08. The standard InChI is InChI=1S/C3H2ClIN2S/c4-3-6-2(1-5)7-8-3/h1H2. The van der Waals surface area contributed by atoms with Crippen LogP contribution in [0.5, 0.6) is 0 Å². The van der Waals surface area contributed by atoms with Crippen LogP contribution in [0.4, 0.5) is 0 Å². The van der Waals surface area contributed by atoms with Crippen molar-refractivity contribution in [2.75, 3.05) is 0 Å². The number of nitrogens with zero attached hydrogens (tertiary/aromatic N) is 2. The Kier molecular flexibility index (Phi) is 2.45. The number of rotatable bonds is 1. The van der Waals surface area contributed by atoms with Gasteiger partial charge < -0.3 is 0 Å². The summed E-state index contributed by atoms with van der Waals surface area (Å²) < 4.78 is 5.28. The SMILES string of the molecule is Clc1nc(CI)ns1. The fraction of sp³-hybridized carbons (Fsp3) is 0.333. The van der Waals surface area contributed by atoms with Crippen LogP contribution >= 0.6 is 45.7 Å². The predicted octanol–water partition coefficient (Wildman–Crippen LogP) is 2.13.